The van der Waals surface area contributed by atoms with E-state index < -0.39 is 5.60 Å². The molecule has 5 rings (SSSR count). The van der Waals surface area contributed by atoms with Crippen LogP contribution in [0.4, 0.5) is 0 Å². The quantitative estimate of drug-likeness (QED) is 0.642. The average molecular weight is 346 g/mol. The first kappa shape index (κ1) is 16.5. The number of hydrogen-bond donors (Lipinski definition) is 1. The Bertz CT molecular complexity index is 610. The van der Waals surface area contributed by atoms with Crippen LogP contribution in [0.2, 0.25) is 0 Å². The van der Waals surface area contributed by atoms with Gasteiger partial charge in [-0.05, 0) is 79.7 Å². The molecule has 4 heteroatoms. The van der Waals surface area contributed by atoms with Gasteiger partial charge in [-0.2, -0.15) is 0 Å². The average Bonchev–Trinajstić information content (AvgIpc) is 2.50. The molecule has 0 spiro atoms. The second kappa shape index (κ2) is 6.06. The van der Waals surface area contributed by atoms with E-state index in [0.29, 0.717) is 24.9 Å². The van der Waals surface area contributed by atoms with E-state index in [1.807, 2.05) is 12.1 Å². The lowest BCUT2D eigenvalue weighted by Crippen LogP contribution is -2.56. The van der Waals surface area contributed by atoms with Gasteiger partial charge in [-0.15, -0.1) is 11.8 Å². The Kier molecular flexibility index (Phi) is 4.16. The summed E-state index contributed by atoms with van der Waals surface area (Å²) in [5.74, 6) is 1.13. The molecule has 4 bridgehead atoms. The van der Waals surface area contributed by atoms with Crippen LogP contribution in [0.25, 0.3) is 0 Å². The molecule has 0 heterocycles. The van der Waals surface area contributed by atoms with Crippen LogP contribution in [0.1, 0.15) is 50.5 Å². The normalized spacial score (nSPS) is 36.8. The van der Waals surface area contributed by atoms with Crippen molar-refractivity contribution in [2.45, 2.75) is 62.0 Å². The third kappa shape index (κ3) is 3.23. The van der Waals surface area contributed by atoms with E-state index in [9.17, 15) is 9.90 Å². The minimum atomic E-state index is -0.502. The Morgan fingerprint density at radius 3 is 2.46 bits per heavy atom. The van der Waals surface area contributed by atoms with Gasteiger partial charge in [0.15, 0.2) is 0 Å². The standard InChI is InChI=1S/C20H26O3S/c1-24-17-4-2-14(3-5-17)12-23-18(21)11-19-7-15-6-16(8-19)10-20(22,9-15)13-19/h2-5,15-16,22H,6-13H2,1H3/t15-,16+,19?,20?. The van der Waals surface area contributed by atoms with E-state index in [0.717, 1.165) is 37.7 Å². The molecule has 4 aliphatic carbocycles. The van der Waals surface area contributed by atoms with Gasteiger partial charge in [-0.3, -0.25) is 4.79 Å². The molecule has 130 valence electrons. The molecule has 24 heavy (non-hydrogen) atoms. The zero-order chi connectivity index (χ0) is 16.8. The number of carbonyl (C=O) groups excluding carboxylic acids is 1. The van der Waals surface area contributed by atoms with Gasteiger partial charge in [0.2, 0.25) is 0 Å². The molecule has 0 amide bonds. The number of aliphatic hydroxyl groups is 1. The lowest BCUT2D eigenvalue weighted by molar-refractivity contribution is -0.177. The highest BCUT2D eigenvalue weighted by Gasteiger charge is 2.57. The summed E-state index contributed by atoms with van der Waals surface area (Å²) < 4.78 is 5.55. The van der Waals surface area contributed by atoms with Crippen molar-refractivity contribution in [1.29, 1.82) is 0 Å². The van der Waals surface area contributed by atoms with Crippen LogP contribution in [0.15, 0.2) is 29.2 Å². The van der Waals surface area contributed by atoms with Crippen molar-refractivity contribution in [3.05, 3.63) is 29.8 Å². The van der Waals surface area contributed by atoms with Gasteiger partial charge < -0.3 is 9.84 Å². The van der Waals surface area contributed by atoms with Crippen molar-refractivity contribution in [2.75, 3.05) is 6.26 Å². The summed E-state index contributed by atoms with van der Waals surface area (Å²) in [6.45, 7) is 0.348. The summed E-state index contributed by atoms with van der Waals surface area (Å²) in [4.78, 5) is 13.6. The molecule has 4 aliphatic rings. The topological polar surface area (TPSA) is 46.5 Å². The number of esters is 1. The maximum absolute atomic E-state index is 12.4. The van der Waals surface area contributed by atoms with Crippen molar-refractivity contribution >= 4 is 17.7 Å². The molecule has 1 aromatic rings. The molecule has 4 saturated carbocycles. The first-order chi connectivity index (χ1) is 11.5. The molecule has 1 N–H and O–H groups in total. The molecule has 0 radical (unpaired) electrons. The monoisotopic (exact) mass is 346 g/mol. The minimum absolute atomic E-state index is 0.00136. The Balaban J connectivity index is 1.36. The lowest BCUT2D eigenvalue weighted by Gasteiger charge is -2.60. The van der Waals surface area contributed by atoms with Crippen LogP contribution >= 0.6 is 11.8 Å². The minimum Gasteiger partial charge on any atom is -0.461 e. The van der Waals surface area contributed by atoms with Crippen LogP contribution < -0.4 is 0 Å². The third-order valence-electron chi connectivity index (χ3n) is 6.23. The van der Waals surface area contributed by atoms with Gasteiger partial charge >= 0.3 is 5.97 Å². The van der Waals surface area contributed by atoms with Gasteiger partial charge in [0.05, 0.1) is 12.0 Å². The van der Waals surface area contributed by atoms with E-state index in [4.69, 9.17) is 4.74 Å². The Morgan fingerprint density at radius 2 is 1.88 bits per heavy atom. The summed E-state index contributed by atoms with van der Waals surface area (Å²) in [5.41, 5.74) is 0.529. The van der Waals surface area contributed by atoms with Gasteiger partial charge in [0.1, 0.15) is 6.61 Å². The maximum Gasteiger partial charge on any atom is 0.306 e. The predicted octanol–water partition coefficient (Wildman–Crippen LogP) is 4.17. The fourth-order valence-corrected chi connectivity index (χ4v) is 6.26. The maximum atomic E-state index is 12.4. The molecule has 0 aliphatic heterocycles. The smallest absolute Gasteiger partial charge is 0.306 e. The van der Waals surface area contributed by atoms with E-state index in [1.165, 1.54) is 11.3 Å². The molecule has 3 nitrogen and oxygen atoms in total. The van der Waals surface area contributed by atoms with Crippen LogP contribution in [-0.2, 0) is 16.1 Å². The molecule has 4 atom stereocenters. The predicted molar refractivity (Wildman–Crippen MR) is 94.7 cm³/mol. The van der Waals surface area contributed by atoms with Gasteiger partial charge in [0.25, 0.3) is 0 Å². The van der Waals surface area contributed by atoms with Crippen molar-refractivity contribution < 1.29 is 14.6 Å². The molecule has 4 fully saturated rings. The number of hydrogen-bond acceptors (Lipinski definition) is 4. The highest BCUT2D eigenvalue weighted by molar-refractivity contribution is 7.98. The molecule has 0 aromatic heterocycles. The number of carbonyl (C=O) groups is 1. The Morgan fingerprint density at radius 1 is 1.21 bits per heavy atom. The number of rotatable bonds is 5. The van der Waals surface area contributed by atoms with Gasteiger partial charge in [-0.1, -0.05) is 12.1 Å². The lowest BCUT2D eigenvalue weighted by atomic mass is 9.47. The zero-order valence-corrected chi connectivity index (χ0v) is 15.1. The second-order valence-electron chi connectivity index (χ2n) is 8.37. The molecule has 0 saturated heterocycles. The fraction of sp³-hybridized carbons (Fsp3) is 0.650. The van der Waals surface area contributed by atoms with Crippen molar-refractivity contribution in [1.82, 2.24) is 0 Å². The fourth-order valence-electron chi connectivity index (χ4n) is 5.85. The SMILES string of the molecule is CSc1ccc(COC(=O)CC23C[C@@H]4C[C@@H](CC(O)(C4)C2)C3)cc1. The first-order valence-corrected chi connectivity index (χ1v) is 10.2. The van der Waals surface area contributed by atoms with Crippen LogP contribution in [0.3, 0.4) is 0 Å². The zero-order valence-electron chi connectivity index (χ0n) is 14.3. The summed E-state index contributed by atoms with van der Waals surface area (Å²) in [6, 6.07) is 8.16. The summed E-state index contributed by atoms with van der Waals surface area (Å²) in [7, 11) is 0. The summed E-state index contributed by atoms with van der Waals surface area (Å²) in [6.07, 6.45) is 8.67. The summed E-state index contributed by atoms with van der Waals surface area (Å²) >= 11 is 1.71. The van der Waals surface area contributed by atoms with Crippen LogP contribution in [0.5, 0.6) is 0 Å². The van der Waals surface area contributed by atoms with Crippen LogP contribution in [0, 0.1) is 17.3 Å². The second-order valence-corrected chi connectivity index (χ2v) is 9.25. The number of benzene rings is 1. The van der Waals surface area contributed by atoms with Crippen molar-refractivity contribution in [2.24, 2.45) is 17.3 Å². The molecule has 2 unspecified atom stereocenters. The highest BCUT2D eigenvalue weighted by atomic mass is 32.2. The third-order valence-corrected chi connectivity index (χ3v) is 6.97. The first-order valence-electron chi connectivity index (χ1n) is 8.99. The van der Waals surface area contributed by atoms with Crippen molar-refractivity contribution in [3.8, 4) is 0 Å². The van der Waals surface area contributed by atoms with E-state index in [1.54, 1.807) is 11.8 Å². The molecule has 1 aromatic carbocycles. The van der Waals surface area contributed by atoms with Gasteiger partial charge in [0, 0.05) is 4.90 Å². The summed E-state index contributed by atoms with van der Waals surface area (Å²) in [5, 5.41) is 10.8. The largest absolute Gasteiger partial charge is 0.461 e. The highest BCUT2D eigenvalue weighted by Crippen LogP contribution is 2.62. The van der Waals surface area contributed by atoms with E-state index in [-0.39, 0.29) is 11.4 Å². The molecular formula is C20H26O3S. The Hall–Kier alpha value is -1.00. The van der Waals surface area contributed by atoms with E-state index in [2.05, 4.69) is 18.4 Å². The van der Waals surface area contributed by atoms with Crippen LogP contribution in [-0.4, -0.2) is 22.9 Å². The van der Waals surface area contributed by atoms with E-state index >= 15 is 0 Å². The Labute approximate surface area is 148 Å². The van der Waals surface area contributed by atoms with Gasteiger partial charge in [-0.25, -0.2) is 0 Å². The molecular weight excluding hydrogens is 320 g/mol. The number of ether oxygens (including phenoxy) is 1. The number of thioether (sulfide) groups is 1. The van der Waals surface area contributed by atoms with Crippen molar-refractivity contribution in [3.63, 3.8) is 0 Å².